The van der Waals surface area contributed by atoms with Crippen molar-refractivity contribution in [3.63, 3.8) is 0 Å². The third-order valence-corrected chi connectivity index (χ3v) is 3.64. The zero-order chi connectivity index (χ0) is 17.2. The van der Waals surface area contributed by atoms with Gasteiger partial charge in [0.25, 0.3) is 10.1 Å². The zero-order valence-corrected chi connectivity index (χ0v) is 12.1. The van der Waals surface area contributed by atoms with Crippen LogP contribution in [0.3, 0.4) is 0 Å². The fourth-order valence-corrected chi connectivity index (χ4v) is 2.19. The Kier molecular flexibility index (Phi) is 6.52. The normalized spacial score (nSPS) is 10.5. The molecule has 0 aliphatic carbocycles. The average molecular weight is 362 g/mol. The third-order valence-electron chi connectivity index (χ3n) is 2.80. The van der Waals surface area contributed by atoms with Crippen LogP contribution in [0.25, 0.3) is 0 Å². The molecule has 0 saturated carbocycles. The predicted octanol–water partition coefficient (Wildman–Crippen LogP) is 0.693. The summed E-state index contributed by atoms with van der Waals surface area (Å²) in [5, 5.41) is 19.1. The van der Waals surface area contributed by atoms with Gasteiger partial charge in [-0.1, -0.05) is 12.1 Å². The summed E-state index contributed by atoms with van der Waals surface area (Å²) < 4.78 is 35.5. The molecule has 3 N–H and O–H groups in total. The van der Waals surface area contributed by atoms with Crippen molar-refractivity contribution in [1.82, 2.24) is 0 Å². The van der Waals surface area contributed by atoms with Crippen molar-refractivity contribution in [3.8, 4) is 11.5 Å². The van der Waals surface area contributed by atoms with Gasteiger partial charge < -0.3 is 14.9 Å². The monoisotopic (exact) mass is 362 g/mol. The molecule has 0 spiro atoms. The van der Waals surface area contributed by atoms with Crippen LogP contribution >= 0.6 is 0 Å². The number of carbonyl (C=O) groups is 2. The van der Waals surface area contributed by atoms with Gasteiger partial charge >= 0.3 is 41.5 Å². The number of esters is 2. The van der Waals surface area contributed by atoms with E-state index in [2.05, 4.69) is 4.74 Å². The van der Waals surface area contributed by atoms with Crippen LogP contribution in [0.1, 0.15) is 20.7 Å². The van der Waals surface area contributed by atoms with Crippen LogP contribution in [0.15, 0.2) is 47.4 Å². The van der Waals surface area contributed by atoms with Gasteiger partial charge in [-0.25, -0.2) is 9.59 Å². The van der Waals surface area contributed by atoms with Gasteiger partial charge in [0.1, 0.15) is 22.6 Å². The van der Waals surface area contributed by atoms with E-state index >= 15 is 0 Å². The number of ether oxygens (including phenoxy) is 1. The Bertz CT molecular complexity index is 891. The van der Waals surface area contributed by atoms with Gasteiger partial charge in [0.2, 0.25) is 0 Å². The average Bonchev–Trinajstić information content (AvgIpc) is 2.46. The molecule has 2 aromatic rings. The number of aromatic hydroxyl groups is 2. The van der Waals surface area contributed by atoms with E-state index in [1.165, 1.54) is 24.3 Å². The van der Waals surface area contributed by atoms with Crippen LogP contribution in [0.4, 0.5) is 0 Å². The van der Waals surface area contributed by atoms with E-state index in [4.69, 9.17) is 4.55 Å². The number of phenols is 2. The van der Waals surface area contributed by atoms with Gasteiger partial charge in [-0.15, -0.1) is 0 Å². The molecule has 0 saturated heterocycles. The minimum absolute atomic E-state index is 0. The Balaban J connectivity index is 0.00000288. The van der Waals surface area contributed by atoms with E-state index < -0.39 is 44.0 Å². The second-order valence-corrected chi connectivity index (χ2v) is 5.77. The maximum atomic E-state index is 11.9. The molecule has 10 heteroatoms. The van der Waals surface area contributed by atoms with E-state index in [0.717, 1.165) is 12.1 Å². The summed E-state index contributed by atoms with van der Waals surface area (Å²) in [7, 11) is -4.61. The second-order valence-electron chi connectivity index (χ2n) is 4.35. The summed E-state index contributed by atoms with van der Waals surface area (Å²) in [5.41, 5.74) is -0.921. The van der Waals surface area contributed by atoms with Crippen molar-refractivity contribution < 1.29 is 37.5 Å². The number of carbonyl (C=O) groups excluding carboxylic acids is 2. The molecule has 0 atom stereocenters. The fourth-order valence-electron chi connectivity index (χ4n) is 1.68. The molecular weight excluding hydrogens is 351 g/mol. The molecule has 0 radical (unpaired) electrons. The molecule has 2 rings (SSSR count). The third kappa shape index (κ3) is 4.56. The van der Waals surface area contributed by atoms with Crippen molar-refractivity contribution in [2.24, 2.45) is 0 Å². The van der Waals surface area contributed by atoms with Crippen molar-refractivity contribution in [2.45, 2.75) is 4.90 Å². The summed E-state index contributed by atoms with van der Waals surface area (Å²) >= 11 is 0. The molecule has 24 heavy (non-hydrogen) atoms. The van der Waals surface area contributed by atoms with Gasteiger partial charge in [0.15, 0.2) is 0 Å². The SMILES string of the molecule is O=C(OC(=O)c1cc(S(=O)(=O)O)ccc1O)c1ccccc1O.[NaH]. The molecule has 0 amide bonds. The Morgan fingerprint density at radius 1 is 0.875 bits per heavy atom. The standard InChI is InChI=1S/C14H10O8S.Na.H/c15-11-4-2-1-3-9(11)13(17)22-14(18)10-7-8(23(19,20)21)5-6-12(10)16;;/h1-7,15-16H,(H,19,20,21);;. The molecule has 0 heterocycles. The molecule has 8 nitrogen and oxygen atoms in total. The summed E-state index contributed by atoms with van der Waals surface area (Å²) in [5.74, 6) is -3.60. The van der Waals surface area contributed by atoms with E-state index in [9.17, 15) is 28.2 Å². The number of para-hydroxylation sites is 1. The van der Waals surface area contributed by atoms with Crippen molar-refractivity contribution in [2.75, 3.05) is 0 Å². The van der Waals surface area contributed by atoms with Gasteiger partial charge in [-0.05, 0) is 30.3 Å². The van der Waals surface area contributed by atoms with E-state index in [1.54, 1.807) is 0 Å². The minimum atomic E-state index is -4.61. The fraction of sp³-hybridized carbons (Fsp3) is 0. The number of hydrogen-bond acceptors (Lipinski definition) is 7. The zero-order valence-electron chi connectivity index (χ0n) is 11.3. The van der Waals surface area contributed by atoms with Crippen LogP contribution in [-0.2, 0) is 14.9 Å². The van der Waals surface area contributed by atoms with E-state index in [0.29, 0.717) is 6.07 Å². The molecular formula is C14H11NaO8S. The van der Waals surface area contributed by atoms with Gasteiger partial charge in [-0.2, -0.15) is 8.42 Å². The van der Waals surface area contributed by atoms with Crippen LogP contribution in [0.5, 0.6) is 11.5 Å². The van der Waals surface area contributed by atoms with Crippen molar-refractivity contribution >= 4 is 51.6 Å². The number of hydrogen-bond donors (Lipinski definition) is 3. The van der Waals surface area contributed by atoms with Crippen LogP contribution in [0.2, 0.25) is 0 Å². The summed E-state index contributed by atoms with van der Waals surface area (Å²) in [6.07, 6.45) is 0. The molecule has 0 aliphatic rings. The first-order valence-corrected chi connectivity index (χ1v) is 7.49. The summed E-state index contributed by atoms with van der Waals surface area (Å²) in [6, 6.07) is 7.67. The first-order valence-electron chi connectivity index (χ1n) is 6.05. The molecule has 0 aliphatic heterocycles. The van der Waals surface area contributed by atoms with Crippen LogP contribution < -0.4 is 0 Å². The predicted molar refractivity (Wildman–Crippen MR) is 82.9 cm³/mol. The van der Waals surface area contributed by atoms with Crippen molar-refractivity contribution in [3.05, 3.63) is 53.6 Å². The molecule has 2 aromatic carbocycles. The Hall–Kier alpha value is -1.91. The molecule has 0 fully saturated rings. The second kappa shape index (κ2) is 7.77. The van der Waals surface area contributed by atoms with Crippen LogP contribution in [0, 0.1) is 0 Å². The van der Waals surface area contributed by atoms with Gasteiger partial charge in [0.05, 0.1) is 4.90 Å². The number of benzene rings is 2. The van der Waals surface area contributed by atoms with Gasteiger partial charge in [0, 0.05) is 0 Å². The quantitative estimate of drug-likeness (QED) is 0.314. The molecule has 0 aromatic heterocycles. The number of rotatable bonds is 3. The molecule has 0 unspecified atom stereocenters. The van der Waals surface area contributed by atoms with E-state index in [-0.39, 0.29) is 35.1 Å². The first-order chi connectivity index (χ1) is 10.7. The Morgan fingerprint density at radius 2 is 1.42 bits per heavy atom. The molecule has 0 bridgehead atoms. The number of phenolic OH excluding ortho intramolecular Hbond substituents is 2. The van der Waals surface area contributed by atoms with E-state index in [1.807, 2.05) is 0 Å². The van der Waals surface area contributed by atoms with Crippen LogP contribution in [-0.4, -0.2) is 64.7 Å². The summed E-state index contributed by atoms with van der Waals surface area (Å²) in [6.45, 7) is 0. The molecule has 122 valence electrons. The maximum absolute atomic E-state index is 11.9. The Labute approximate surface area is 158 Å². The first kappa shape index (κ1) is 20.1. The topological polar surface area (TPSA) is 138 Å². The summed E-state index contributed by atoms with van der Waals surface area (Å²) in [4.78, 5) is 23.0. The van der Waals surface area contributed by atoms with Gasteiger partial charge in [-0.3, -0.25) is 4.55 Å². The Morgan fingerprint density at radius 3 is 2.00 bits per heavy atom. The van der Waals surface area contributed by atoms with Crippen molar-refractivity contribution in [1.29, 1.82) is 0 Å².